The monoisotopic (exact) mass is 382 g/mol. The topological polar surface area (TPSA) is 51.0 Å². The number of likely N-dealkylation sites (tertiary alicyclic amines) is 1. The van der Waals surface area contributed by atoms with E-state index in [1.54, 1.807) is 12.1 Å². The standard InChI is InChI=1S/C21H23ClN4O/c1-14-19-11-15(12-23-21(19)25(2)24-14)13-26-9-7-17(8-10-26)20(27)16-3-5-18(22)6-4-16/h3-6,11-12,17H,7-10,13H2,1-2H3. The summed E-state index contributed by atoms with van der Waals surface area (Å²) in [6.45, 7) is 4.73. The molecule has 1 fully saturated rings. The van der Waals surface area contributed by atoms with E-state index in [2.05, 4.69) is 21.0 Å². The number of nitrogens with zero attached hydrogens (tertiary/aromatic N) is 4. The van der Waals surface area contributed by atoms with Crippen LogP contribution in [0.1, 0.15) is 34.5 Å². The summed E-state index contributed by atoms with van der Waals surface area (Å²) in [6, 6.07) is 9.42. The molecule has 0 bridgehead atoms. The maximum Gasteiger partial charge on any atom is 0.166 e. The average molecular weight is 383 g/mol. The van der Waals surface area contributed by atoms with Crippen molar-refractivity contribution in [3.63, 3.8) is 0 Å². The van der Waals surface area contributed by atoms with Crippen LogP contribution in [-0.4, -0.2) is 38.5 Å². The van der Waals surface area contributed by atoms with Gasteiger partial charge in [0.2, 0.25) is 0 Å². The summed E-state index contributed by atoms with van der Waals surface area (Å²) in [4.78, 5) is 19.7. The first-order valence-corrected chi connectivity index (χ1v) is 9.69. The molecule has 0 radical (unpaired) electrons. The van der Waals surface area contributed by atoms with Gasteiger partial charge in [-0.15, -0.1) is 0 Å². The van der Waals surface area contributed by atoms with Gasteiger partial charge in [0.1, 0.15) is 0 Å². The molecule has 1 aliphatic heterocycles. The van der Waals surface area contributed by atoms with Crippen molar-refractivity contribution in [2.24, 2.45) is 13.0 Å². The number of rotatable bonds is 4. The van der Waals surface area contributed by atoms with Crippen molar-refractivity contribution in [2.45, 2.75) is 26.3 Å². The number of halogens is 1. The van der Waals surface area contributed by atoms with Gasteiger partial charge in [-0.2, -0.15) is 5.10 Å². The van der Waals surface area contributed by atoms with Gasteiger partial charge in [-0.25, -0.2) is 4.98 Å². The highest BCUT2D eigenvalue weighted by molar-refractivity contribution is 6.30. The van der Waals surface area contributed by atoms with Crippen molar-refractivity contribution < 1.29 is 4.79 Å². The highest BCUT2D eigenvalue weighted by Gasteiger charge is 2.26. The van der Waals surface area contributed by atoms with Crippen LogP contribution in [0.15, 0.2) is 36.5 Å². The molecule has 1 saturated heterocycles. The maximum absolute atomic E-state index is 12.7. The zero-order chi connectivity index (χ0) is 19.0. The van der Waals surface area contributed by atoms with Crippen LogP contribution in [0.25, 0.3) is 11.0 Å². The summed E-state index contributed by atoms with van der Waals surface area (Å²) in [6.07, 6.45) is 3.72. The van der Waals surface area contributed by atoms with E-state index >= 15 is 0 Å². The third-order valence-electron chi connectivity index (χ3n) is 5.41. The summed E-state index contributed by atoms with van der Waals surface area (Å²) < 4.78 is 1.82. The minimum absolute atomic E-state index is 0.101. The van der Waals surface area contributed by atoms with Gasteiger partial charge in [0, 0.05) is 41.7 Å². The van der Waals surface area contributed by atoms with E-state index in [9.17, 15) is 4.79 Å². The predicted molar refractivity (Wildman–Crippen MR) is 107 cm³/mol. The van der Waals surface area contributed by atoms with Crippen LogP contribution in [0.2, 0.25) is 5.02 Å². The molecule has 1 aliphatic rings. The first-order valence-electron chi connectivity index (χ1n) is 9.31. The second kappa shape index (κ2) is 7.41. The van der Waals surface area contributed by atoms with Crippen molar-refractivity contribution in [1.29, 1.82) is 0 Å². The highest BCUT2D eigenvalue weighted by atomic mass is 35.5. The molecular weight excluding hydrogens is 360 g/mol. The fourth-order valence-electron chi connectivity index (χ4n) is 3.90. The molecule has 2 aromatic heterocycles. The van der Waals surface area contributed by atoms with Gasteiger partial charge in [0.15, 0.2) is 11.4 Å². The van der Waals surface area contributed by atoms with Crippen LogP contribution in [0, 0.1) is 12.8 Å². The SMILES string of the molecule is Cc1nn(C)c2ncc(CN3CCC(C(=O)c4ccc(Cl)cc4)CC3)cc12. The maximum atomic E-state index is 12.7. The molecule has 0 amide bonds. The molecule has 0 spiro atoms. The summed E-state index contributed by atoms with van der Waals surface area (Å²) in [5.41, 5.74) is 3.89. The lowest BCUT2D eigenvalue weighted by molar-refractivity contribution is 0.0835. The van der Waals surface area contributed by atoms with E-state index in [1.807, 2.05) is 37.0 Å². The van der Waals surface area contributed by atoms with Crippen molar-refractivity contribution in [3.05, 3.63) is 58.4 Å². The second-order valence-electron chi connectivity index (χ2n) is 7.35. The predicted octanol–water partition coefficient (Wildman–Crippen LogP) is 4.03. The Hall–Kier alpha value is -2.24. The average Bonchev–Trinajstić information content (AvgIpc) is 2.96. The Bertz CT molecular complexity index is 972. The lowest BCUT2D eigenvalue weighted by Gasteiger charge is -2.31. The van der Waals surface area contributed by atoms with Crippen LogP contribution in [0.5, 0.6) is 0 Å². The molecule has 27 heavy (non-hydrogen) atoms. The molecule has 3 heterocycles. The van der Waals surface area contributed by atoms with Gasteiger partial charge in [0.25, 0.3) is 0 Å². The van der Waals surface area contributed by atoms with Gasteiger partial charge >= 0.3 is 0 Å². The van der Waals surface area contributed by atoms with Crippen LogP contribution in [-0.2, 0) is 13.6 Å². The molecule has 140 valence electrons. The van der Waals surface area contributed by atoms with Crippen molar-refractivity contribution in [3.8, 4) is 0 Å². The molecule has 3 aromatic rings. The number of carbonyl (C=O) groups is 1. The smallest absolute Gasteiger partial charge is 0.166 e. The van der Waals surface area contributed by atoms with Gasteiger partial charge in [-0.05, 0) is 68.8 Å². The zero-order valence-corrected chi connectivity index (χ0v) is 16.4. The summed E-state index contributed by atoms with van der Waals surface area (Å²) >= 11 is 5.92. The first-order chi connectivity index (χ1) is 13.0. The number of aromatic nitrogens is 3. The molecule has 0 N–H and O–H groups in total. The Morgan fingerprint density at radius 1 is 1.22 bits per heavy atom. The van der Waals surface area contributed by atoms with Crippen molar-refractivity contribution >= 4 is 28.4 Å². The number of hydrogen-bond acceptors (Lipinski definition) is 4. The van der Waals surface area contributed by atoms with E-state index in [4.69, 9.17) is 11.6 Å². The fraction of sp³-hybridized carbons (Fsp3) is 0.381. The molecule has 6 heteroatoms. The Labute approximate surface area is 164 Å². The van der Waals surface area contributed by atoms with Gasteiger partial charge in [-0.3, -0.25) is 14.4 Å². The number of pyridine rings is 1. The number of piperidine rings is 1. The molecular formula is C21H23ClN4O. The molecule has 0 unspecified atom stereocenters. The van der Waals surface area contributed by atoms with E-state index in [1.165, 1.54) is 5.56 Å². The van der Waals surface area contributed by atoms with Crippen LogP contribution < -0.4 is 0 Å². The Balaban J connectivity index is 1.38. The third-order valence-corrected chi connectivity index (χ3v) is 5.66. The summed E-state index contributed by atoms with van der Waals surface area (Å²) in [5, 5.41) is 6.21. The largest absolute Gasteiger partial charge is 0.299 e. The lowest BCUT2D eigenvalue weighted by atomic mass is 9.89. The molecule has 5 nitrogen and oxygen atoms in total. The van der Waals surface area contributed by atoms with E-state index in [0.29, 0.717) is 5.02 Å². The van der Waals surface area contributed by atoms with Crippen molar-refractivity contribution in [2.75, 3.05) is 13.1 Å². The molecule has 0 atom stereocenters. The lowest BCUT2D eigenvalue weighted by Crippen LogP contribution is -2.36. The summed E-state index contributed by atoms with van der Waals surface area (Å²) in [5.74, 6) is 0.337. The number of Topliss-reactive ketones (excluding diaryl/α,β-unsaturated/α-hetero) is 1. The number of hydrogen-bond donors (Lipinski definition) is 0. The Kier molecular flexibility index (Phi) is 4.98. The first kappa shape index (κ1) is 18.1. The van der Waals surface area contributed by atoms with Gasteiger partial charge < -0.3 is 0 Å². The third kappa shape index (κ3) is 3.75. The van der Waals surface area contributed by atoms with Crippen LogP contribution in [0.3, 0.4) is 0 Å². The van der Waals surface area contributed by atoms with Gasteiger partial charge in [-0.1, -0.05) is 11.6 Å². The Morgan fingerprint density at radius 3 is 2.63 bits per heavy atom. The molecule has 4 rings (SSSR count). The number of ketones is 1. The summed E-state index contributed by atoms with van der Waals surface area (Å²) in [7, 11) is 1.92. The number of benzene rings is 1. The van der Waals surface area contributed by atoms with E-state index in [0.717, 1.165) is 54.8 Å². The van der Waals surface area contributed by atoms with Crippen molar-refractivity contribution in [1.82, 2.24) is 19.7 Å². The molecule has 1 aromatic carbocycles. The minimum Gasteiger partial charge on any atom is -0.299 e. The minimum atomic E-state index is 0.101. The number of carbonyl (C=O) groups excluding carboxylic acids is 1. The van der Waals surface area contributed by atoms with Gasteiger partial charge in [0.05, 0.1) is 5.69 Å². The number of fused-ring (bicyclic) bond motifs is 1. The van der Waals surface area contributed by atoms with Crippen LogP contribution in [0.4, 0.5) is 0 Å². The normalized spacial score (nSPS) is 16.1. The second-order valence-corrected chi connectivity index (χ2v) is 7.78. The fourth-order valence-corrected chi connectivity index (χ4v) is 4.02. The zero-order valence-electron chi connectivity index (χ0n) is 15.7. The van der Waals surface area contributed by atoms with E-state index < -0.39 is 0 Å². The molecule has 0 saturated carbocycles. The molecule has 0 aliphatic carbocycles. The van der Waals surface area contributed by atoms with E-state index in [-0.39, 0.29) is 11.7 Å². The highest BCUT2D eigenvalue weighted by Crippen LogP contribution is 2.24. The number of aryl methyl sites for hydroxylation is 2. The Morgan fingerprint density at radius 2 is 1.93 bits per heavy atom. The van der Waals surface area contributed by atoms with Crippen LogP contribution >= 0.6 is 11.6 Å². The quantitative estimate of drug-likeness (QED) is 0.639.